The molecule has 152 valence electrons. The van der Waals surface area contributed by atoms with Gasteiger partial charge in [0.05, 0.1) is 19.9 Å². The first-order valence-corrected chi connectivity index (χ1v) is 10.1. The SMILES string of the molecule is COc1ccc(/C=C(/C(=O)Nc2nc3scc(C)n3n2)c2ccccc2)cc1OC. The minimum absolute atomic E-state index is 0.268. The van der Waals surface area contributed by atoms with Crippen LogP contribution in [0.4, 0.5) is 5.95 Å². The number of carbonyl (C=O) groups excluding carboxylic acids is 1. The van der Waals surface area contributed by atoms with Gasteiger partial charge in [-0.25, -0.2) is 4.52 Å². The Morgan fingerprint density at radius 2 is 1.87 bits per heavy atom. The third-order valence-corrected chi connectivity index (χ3v) is 5.45. The fourth-order valence-electron chi connectivity index (χ4n) is 3.02. The van der Waals surface area contributed by atoms with Crippen molar-refractivity contribution in [3.63, 3.8) is 0 Å². The van der Waals surface area contributed by atoms with Gasteiger partial charge in [-0.15, -0.1) is 16.4 Å². The molecule has 0 aliphatic heterocycles. The van der Waals surface area contributed by atoms with Crippen LogP contribution < -0.4 is 14.8 Å². The van der Waals surface area contributed by atoms with Crippen molar-refractivity contribution in [2.45, 2.75) is 6.92 Å². The normalized spacial score (nSPS) is 11.5. The topological polar surface area (TPSA) is 77.8 Å². The zero-order valence-corrected chi connectivity index (χ0v) is 17.6. The molecule has 0 unspecified atom stereocenters. The number of thiazole rings is 1. The van der Waals surface area contributed by atoms with E-state index in [0.29, 0.717) is 17.1 Å². The number of benzene rings is 2. The maximum Gasteiger partial charge on any atom is 0.258 e. The lowest BCUT2D eigenvalue weighted by molar-refractivity contribution is -0.111. The summed E-state index contributed by atoms with van der Waals surface area (Å²) in [4.78, 5) is 18.3. The van der Waals surface area contributed by atoms with Crippen LogP contribution in [0.2, 0.25) is 0 Å². The number of anilines is 1. The third kappa shape index (κ3) is 3.90. The molecule has 0 saturated carbocycles. The Kier molecular flexibility index (Phi) is 5.49. The zero-order chi connectivity index (χ0) is 21.1. The van der Waals surface area contributed by atoms with Gasteiger partial charge < -0.3 is 9.47 Å². The van der Waals surface area contributed by atoms with Crippen LogP contribution in [0.25, 0.3) is 16.6 Å². The van der Waals surface area contributed by atoms with Crippen LogP contribution in [0.15, 0.2) is 53.9 Å². The van der Waals surface area contributed by atoms with Crippen molar-refractivity contribution < 1.29 is 14.3 Å². The van der Waals surface area contributed by atoms with E-state index in [1.165, 1.54) is 11.3 Å². The van der Waals surface area contributed by atoms with Crippen molar-refractivity contribution in [1.82, 2.24) is 14.6 Å². The van der Waals surface area contributed by atoms with Gasteiger partial charge in [-0.3, -0.25) is 10.1 Å². The molecular weight excluding hydrogens is 400 g/mol. The average Bonchev–Trinajstić information content (AvgIpc) is 3.33. The lowest BCUT2D eigenvalue weighted by Crippen LogP contribution is -2.15. The smallest absolute Gasteiger partial charge is 0.258 e. The minimum Gasteiger partial charge on any atom is -0.493 e. The standard InChI is InChI=1S/C22H20N4O3S/c1-14-13-30-22-24-21(25-26(14)22)23-20(27)17(16-7-5-4-6-8-16)11-15-9-10-18(28-2)19(12-15)29-3/h4-13H,1-3H3,(H,23,25,27)/b17-11+. The van der Waals surface area contributed by atoms with Crippen LogP contribution in [-0.2, 0) is 4.79 Å². The minimum atomic E-state index is -0.299. The van der Waals surface area contributed by atoms with Crippen LogP contribution in [0.3, 0.4) is 0 Å². The van der Waals surface area contributed by atoms with Crippen LogP contribution >= 0.6 is 11.3 Å². The molecule has 4 aromatic rings. The molecule has 0 fully saturated rings. The van der Waals surface area contributed by atoms with Gasteiger partial charge in [0.1, 0.15) is 0 Å². The summed E-state index contributed by atoms with van der Waals surface area (Å²) in [7, 11) is 3.16. The van der Waals surface area contributed by atoms with Crippen molar-refractivity contribution in [1.29, 1.82) is 0 Å². The van der Waals surface area contributed by atoms with Crippen molar-refractivity contribution >= 4 is 39.8 Å². The first-order chi connectivity index (χ1) is 14.6. The van der Waals surface area contributed by atoms with Gasteiger partial charge in [0.2, 0.25) is 4.96 Å². The summed E-state index contributed by atoms with van der Waals surface area (Å²) in [5.41, 5.74) is 3.03. The molecule has 0 radical (unpaired) electrons. The summed E-state index contributed by atoms with van der Waals surface area (Å²) in [6, 6.07) is 14.9. The summed E-state index contributed by atoms with van der Waals surface area (Å²) in [5, 5.41) is 9.15. The van der Waals surface area contributed by atoms with Gasteiger partial charge >= 0.3 is 0 Å². The number of ether oxygens (including phenoxy) is 2. The Morgan fingerprint density at radius 3 is 2.57 bits per heavy atom. The monoisotopic (exact) mass is 420 g/mol. The van der Waals surface area contributed by atoms with E-state index in [4.69, 9.17) is 9.47 Å². The van der Waals surface area contributed by atoms with Crippen LogP contribution in [0.5, 0.6) is 11.5 Å². The lowest BCUT2D eigenvalue weighted by atomic mass is 10.0. The fourth-order valence-corrected chi connectivity index (χ4v) is 3.82. The molecule has 8 heteroatoms. The second kappa shape index (κ2) is 8.38. The molecule has 2 aromatic heterocycles. The highest BCUT2D eigenvalue weighted by Gasteiger charge is 2.16. The van der Waals surface area contributed by atoms with E-state index >= 15 is 0 Å². The number of nitrogens with zero attached hydrogens (tertiary/aromatic N) is 3. The van der Waals surface area contributed by atoms with E-state index in [-0.39, 0.29) is 11.9 Å². The molecule has 0 spiro atoms. The lowest BCUT2D eigenvalue weighted by Gasteiger charge is -2.10. The van der Waals surface area contributed by atoms with E-state index in [1.807, 2.05) is 54.8 Å². The highest BCUT2D eigenvalue weighted by molar-refractivity contribution is 7.15. The number of methoxy groups -OCH3 is 2. The summed E-state index contributed by atoms with van der Waals surface area (Å²) in [6.07, 6.45) is 1.80. The van der Waals surface area contributed by atoms with Gasteiger partial charge in [0.25, 0.3) is 11.9 Å². The number of rotatable bonds is 6. The summed E-state index contributed by atoms with van der Waals surface area (Å²) in [5.74, 6) is 1.18. The molecule has 2 heterocycles. The molecule has 7 nitrogen and oxygen atoms in total. The summed E-state index contributed by atoms with van der Waals surface area (Å²) < 4.78 is 12.4. The quantitative estimate of drug-likeness (QED) is 0.372. The molecule has 4 rings (SSSR count). The largest absolute Gasteiger partial charge is 0.493 e. The van der Waals surface area contributed by atoms with Gasteiger partial charge in [-0.2, -0.15) is 4.98 Å². The zero-order valence-electron chi connectivity index (χ0n) is 16.7. The first kappa shape index (κ1) is 19.7. The third-order valence-electron chi connectivity index (χ3n) is 4.52. The van der Waals surface area contributed by atoms with E-state index < -0.39 is 0 Å². The number of nitrogens with one attached hydrogen (secondary N) is 1. The van der Waals surface area contributed by atoms with Gasteiger partial charge in [0, 0.05) is 11.0 Å². The maximum atomic E-state index is 13.2. The summed E-state index contributed by atoms with van der Waals surface area (Å²) >= 11 is 1.47. The molecule has 0 aliphatic carbocycles. The first-order valence-electron chi connectivity index (χ1n) is 9.20. The average molecular weight is 420 g/mol. The van der Waals surface area contributed by atoms with Gasteiger partial charge in [-0.1, -0.05) is 36.4 Å². The number of amides is 1. The Bertz CT molecular complexity index is 1230. The molecule has 1 N–H and O–H groups in total. The van der Waals surface area contributed by atoms with Crippen molar-refractivity contribution in [2.24, 2.45) is 0 Å². The Hall–Kier alpha value is -3.65. The Labute approximate surface area is 177 Å². The van der Waals surface area contributed by atoms with Crippen molar-refractivity contribution in [3.05, 3.63) is 70.7 Å². The van der Waals surface area contributed by atoms with E-state index in [9.17, 15) is 4.79 Å². The number of hydrogen-bond acceptors (Lipinski definition) is 6. The second-order valence-corrected chi connectivity index (χ2v) is 7.34. The molecule has 1 amide bonds. The molecule has 2 aromatic carbocycles. The Balaban J connectivity index is 1.70. The maximum absolute atomic E-state index is 13.2. The van der Waals surface area contributed by atoms with E-state index in [2.05, 4.69) is 15.4 Å². The molecule has 0 bridgehead atoms. The molecule has 0 saturated heterocycles. The van der Waals surface area contributed by atoms with Crippen LogP contribution in [0, 0.1) is 6.92 Å². The number of fused-ring (bicyclic) bond motifs is 1. The number of hydrogen-bond donors (Lipinski definition) is 1. The van der Waals surface area contributed by atoms with Gasteiger partial charge in [-0.05, 0) is 36.3 Å². The molecule has 0 atom stereocenters. The number of aryl methyl sites for hydroxylation is 1. The fraction of sp³-hybridized carbons (Fsp3) is 0.136. The molecular formula is C22H20N4O3S. The van der Waals surface area contributed by atoms with Crippen LogP contribution in [-0.4, -0.2) is 34.7 Å². The van der Waals surface area contributed by atoms with E-state index in [0.717, 1.165) is 21.8 Å². The highest BCUT2D eigenvalue weighted by atomic mass is 32.1. The second-order valence-electron chi connectivity index (χ2n) is 6.50. The van der Waals surface area contributed by atoms with Crippen molar-refractivity contribution in [3.8, 4) is 11.5 Å². The van der Waals surface area contributed by atoms with Gasteiger partial charge in [0.15, 0.2) is 11.5 Å². The highest BCUT2D eigenvalue weighted by Crippen LogP contribution is 2.30. The number of aromatic nitrogens is 3. The molecule has 0 aliphatic rings. The molecule has 30 heavy (non-hydrogen) atoms. The predicted octanol–water partition coefficient (Wildman–Crippen LogP) is 4.30. The number of carbonyl (C=O) groups is 1. The van der Waals surface area contributed by atoms with Crippen molar-refractivity contribution in [2.75, 3.05) is 19.5 Å². The predicted molar refractivity (Wildman–Crippen MR) is 118 cm³/mol. The Morgan fingerprint density at radius 1 is 1.10 bits per heavy atom. The van der Waals surface area contributed by atoms with E-state index in [1.54, 1.807) is 30.9 Å². The van der Waals surface area contributed by atoms with Crippen LogP contribution in [0.1, 0.15) is 16.8 Å². The summed E-state index contributed by atoms with van der Waals surface area (Å²) in [6.45, 7) is 1.94.